The molecule has 3 nitrogen and oxygen atoms in total. The summed E-state index contributed by atoms with van der Waals surface area (Å²) in [5.41, 5.74) is 9.09. The van der Waals surface area contributed by atoms with Crippen molar-refractivity contribution in [1.29, 1.82) is 0 Å². The van der Waals surface area contributed by atoms with Crippen molar-refractivity contribution in [2.45, 2.75) is 12.8 Å². The van der Waals surface area contributed by atoms with Gasteiger partial charge in [-0.15, -0.1) is 0 Å². The number of anilines is 1. The van der Waals surface area contributed by atoms with Gasteiger partial charge in [-0.1, -0.05) is 18.2 Å². The second-order valence-corrected chi connectivity index (χ2v) is 4.84. The lowest BCUT2D eigenvalue weighted by molar-refractivity contribution is 0.0947. The first kappa shape index (κ1) is 11.8. The van der Waals surface area contributed by atoms with Gasteiger partial charge in [0.05, 0.1) is 5.92 Å². The molecule has 2 N–H and O–H groups in total. The van der Waals surface area contributed by atoms with E-state index in [1.165, 1.54) is 0 Å². The van der Waals surface area contributed by atoms with Crippen molar-refractivity contribution in [2.24, 2.45) is 0 Å². The maximum atomic E-state index is 12.6. The lowest BCUT2D eigenvalue weighted by Crippen LogP contribution is -2.14. The molecule has 0 saturated carbocycles. The van der Waals surface area contributed by atoms with Crippen LogP contribution in [0.4, 0.5) is 5.69 Å². The van der Waals surface area contributed by atoms with Crippen LogP contribution in [0.15, 0.2) is 42.5 Å². The van der Waals surface area contributed by atoms with Crippen molar-refractivity contribution in [2.75, 3.05) is 12.3 Å². The van der Waals surface area contributed by atoms with Crippen LogP contribution in [0.1, 0.15) is 27.4 Å². The van der Waals surface area contributed by atoms with Crippen LogP contribution in [0, 0.1) is 6.92 Å². The SMILES string of the molecule is Cc1cc(C(=O)C2COc3ccccc32)ccc1N. The number of carbonyl (C=O) groups excluding carboxylic acids is 1. The van der Waals surface area contributed by atoms with E-state index in [1.54, 1.807) is 12.1 Å². The molecule has 3 rings (SSSR count). The molecule has 0 fully saturated rings. The standard InChI is InChI=1S/C16H15NO2/c1-10-8-11(6-7-14(10)17)16(18)13-9-19-15-5-3-2-4-12(13)15/h2-8,13H,9,17H2,1H3. The number of ether oxygens (including phenoxy) is 1. The topological polar surface area (TPSA) is 52.3 Å². The number of nitrogens with two attached hydrogens (primary N) is 1. The van der Waals surface area contributed by atoms with E-state index in [0.29, 0.717) is 17.9 Å². The molecule has 1 atom stereocenters. The van der Waals surface area contributed by atoms with E-state index in [9.17, 15) is 4.79 Å². The van der Waals surface area contributed by atoms with Gasteiger partial charge in [-0.2, -0.15) is 0 Å². The molecule has 0 amide bonds. The van der Waals surface area contributed by atoms with Crippen LogP contribution in [0.5, 0.6) is 5.75 Å². The van der Waals surface area contributed by atoms with Crippen LogP contribution in [-0.2, 0) is 0 Å². The Morgan fingerprint density at radius 2 is 2.05 bits per heavy atom. The molecule has 0 spiro atoms. The van der Waals surface area contributed by atoms with Crippen LogP contribution >= 0.6 is 0 Å². The molecule has 0 radical (unpaired) electrons. The third kappa shape index (κ3) is 1.97. The summed E-state index contributed by atoms with van der Waals surface area (Å²) < 4.78 is 5.56. The number of fused-ring (bicyclic) bond motifs is 1. The number of para-hydroxylation sites is 1. The number of benzene rings is 2. The Morgan fingerprint density at radius 3 is 2.84 bits per heavy atom. The minimum atomic E-state index is -0.209. The van der Waals surface area contributed by atoms with E-state index in [2.05, 4.69) is 0 Å². The predicted molar refractivity (Wildman–Crippen MR) is 74.6 cm³/mol. The number of hydrogen-bond donors (Lipinski definition) is 1. The van der Waals surface area contributed by atoms with Crippen molar-refractivity contribution in [3.8, 4) is 5.75 Å². The minimum absolute atomic E-state index is 0.0908. The zero-order valence-corrected chi connectivity index (χ0v) is 10.7. The molecule has 1 aliphatic rings. The average molecular weight is 253 g/mol. The van der Waals surface area contributed by atoms with E-state index >= 15 is 0 Å². The lowest BCUT2D eigenvalue weighted by atomic mass is 9.91. The first-order chi connectivity index (χ1) is 9.16. The lowest BCUT2D eigenvalue weighted by Gasteiger charge is -2.09. The highest BCUT2D eigenvalue weighted by molar-refractivity contribution is 6.02. The van der Waals surface area contributed by atoms with Gasteiger partial charge >= 0.3 is 0 Å². The highest BCUT2D eigenvalue weighted by Crippen LogP contribution is 2.35. The average Bonchev–Trinajstić information content (AvgIpc) is 2.85. The molecule has 1 aliphatic heterocycles. The zero-order valence-electron chi connectivity index (χ0n) is 10.7. The van der Waals surface area contributed by atoms with Crippen molar-refractivity contribution >= 4 is 11.5 Å². The number of nitrogen functional groups attached to an aromatic ring is 1. The number of rotatable bonds is 2. The molecule has 2 aromatic carbocycles. The first-order valence-corrected chi connectivity index (χ1v) is 6.29. The van der Waals surface area contributed by atoms with E-state index in [4.69, 9.17) is 10.5 Å². The fourth-order valence-electron chi connectivity index (χ4n) is 2.41. The summed E-state index contributed by atoms with van der Waals surface area (Å²) in [6.45, 7) is 2.33. The molecule has 96 valence electrons. The van der Waals surface area contributed by atoms with Crippen molar-refractivity contribution in [3.05, 3.63) is 59.2 Å². The minimum Gasteiger partial charge on any atom is -0.492 e. The Balaban J connectivity index is 1.95. The summed E-state index contributed by atoms with van der Waals surface area (Å²) in [6, 6.07) is 13.1. The summed E-state index contributed by atoms with van der Waals surface area (Å²) in [6.07, 6.45) is 0. The molecular formula is C16H15NO2. The number of carbonyl (C=O) groups is 1. The molecule has 0 saturated heterocycles. The molecule has 0 bridgehead atoms. The van der Waals surface area contributed by atoms with E-state index in [1.807, 2.05) is 37.3 Å². The van der Waals surface area contributed by atoms with Gasteiger partial charge < -0.3 is 10.5 Å². The van der Waals surface area contributed by atoms with Crippen LogP contribution in [-0.4, -0.2) is 12.4 Å². The Hall–Kier alpha value is -2.29. The Labute approximate surface area is 112 Å². The highest BCUT2D eigenvalue weighted by Gasteiger charge is 2.30. The molecular weight excluding hydrogens is 238 g/mol. The highest BCUT2D eigenvalue weighted by atomic mass is 16.5. The normalized spacial score (nSPS) is 16.8. The fourth-order valence-corrected chi connectivity index (χ4v) is 2.41. The van der Waals surface area contributed by atoms with Gasteiger partial charge in [-0.05, 0) is 36.8 Å². The summed E-state index contributed by atoms with van der Waals surface area (Å²) in [7, 11) is 0. The predicted octanol–water partition coefficient (Wildman–Crippen LogP) is 2.94. The largest absolute Gasteiger partial charge is 0.492 e. The maximum Gasteiger partial charge on any atom is 0.173 e. The molecule has 19 heavy (non-hydrogen) atoms. The second-order valence-electron chi connectivity index (χ2n) is 4.84. The molecule has 2 aromatic rings. The third-order valence-electron chi connectivity index (χ3n) is 3.57. The first-order valence-electron chi connectivity index (χ1n) is 6.29. The van der Waals surface area contributed by atoms with Gasteiger partial charge in [0, 0.05) is 16.8 Å². The van der Waals surface area contributed by atoms with Gasteiger partial charge in [-0.25, -0.2) is 0 Å². The van der Waals surface area contributed by atoms with Gasteiger partial charge in [0.25, 0.3) is 0 Å². The number of ketones is 1. The van der Waals surface area contributed by atoms with Crippen LogP contribution in [0.3, 0.4) is 0 Å². The van der Waals surface area contributed by atoms with Crippen molar-refractivity contribution in [3.63, 3.8) is 0 Å². The summed E-state index contributed by atoms with van der Waals surface area (Å²) in [5.74, 6) is 0.695. The fraction of sp³-hybridized carbons (Fsp3) is 0.188. The zero-order chi connectivity index (χ0) is 13.4. The monoisotopic (exact) mass is 253 g/mol. The Kier molecular flexibility index (Phi) is 2.75. The quantitative estimate of drug-likeness (QED) is 0.661. The molecule has 0 aliphatic carbocycles. The van der Waals surface area contributed by atoms with Gasteiger partial charge in [0.15, 0.2) is 5.78 Å². The van der Waals surface area contributed by atoms with E-state index in [-0.39, 0.29) is 11.7 Å². The van der Waals surface area contributed by atoms with Crippen LogP contribution < -0.4 is 10.5 Å². The van der Waals surface area contributed by atoms with Gasteiger partial charge in [0.1, 0.15) is 12.4 Å². The maximum absolute atomic E-state index is 12.6. The summed E-state index contributed by atoms with van der Waals surface area (Å²) in [4.78, 5) is 12.6. The third-order valence-corrected chi connectivity index (χ3v) is 3.57. The Morgan fingerprint density at radius 1 is 1.26 bits per heavy atom. The number of aryl methyl sites for hydroxylation is 1. The van der Waals surface area contributed by atoms with E-state index in [0.717, 1.165) is 16.9 Å². The van der Waals surface area contributed by atoms with Crippen LogP contribution in [0.25, 0.3) is 0 Å². The van der Waals surface area contributed by atoms with Crippen molar-refractivity contribution < 1.29 is 9.53 Å². The second kappa shape index (κ2) is 4.43. The van der Waals surface area contributed by atoms with Gasteiger partial charge in [0.2, 0.25) is 0 Å². The summed E-state index contributed by atoms with van der Waals surface area (Å²) in [5, 5.41) is 0. The molecule has 1 unspecified atom stereocenters. The summed E-state index contributed by atoms with van der Waals surface area (Å²) >= 11 is 0. The molecule has 1 heterocycles. The van der Waals surface area contributed by atoms with Crippen LogP contribution in [0.2, 0.25) is 0 Å². The smallest absolute Gasteiger partial charge is 0.173 e. The number of Topliss-reactive ketones (excluding diaryl/α,β-unsaturated/α-hetero) is 1. The van der Waals surface area contributed by atoms with Crippen molar-refractivity contribution in [1.82, 2.24) is 0 Å². The van der Waals surface area contributed by atoms with E-state index < -0.39 is 0 Å². The molecule has 3 heteroatoms. The Bertz CT molecular complexity index is 649. The van der Waals surface area contributed by atoms with Gasteiger partial charge in [-0.3, -0.25) is 4.79 Å². The number of hydrogen-bond acceptors (Lipinski definition) is 3. The molecule has 0 aromatic heterocycles.